The van der Waals surface area contributed by atoms with Crippen molar-refractivity contribution in [1.82, 2.24) is 4.98 Å². The third kappa shape index (κ3) is 3.19. The molecule has 7 rings (SSSR count). The minimum absolute atomic E-state index is 0.000252. The number of hydrogen-bond donors (Lipinski definition) is 1. The fourth-order valence-electron chi connectivity index (χ4n) is 7.10. The van der Waals surface area contributed by atoms with Crippen LogP contribution in [0.4, 0.5) is 11.4 Å². The number of nitrogens with zero attached hydrogens (tertiary/aromatic N) is 2. The number of non-ortho nitro benzene ring substituents is 1. The van der Waals surface area contributed by atoms with Crippen molar-refractivity contribution in [3.05, 3.63) is 82.7 Å². The second-order valence-electron chi connectivity index (χ2n) is 9.89. The highest BCUT2D eigenvalue weighted by Gasteiger charge is 2.69. The molecule has 2 amide bonds. The number of nitro benzene ring substituents is 1. The molecule has 188 valence electrons. The molecule has 37 heavy (non-hydrogen) atoms. The quantitative estimate of drug-likeness (QED) is 0.257. The van der Waals surface area contributed by atoms with Gasteiger partial charge >= 0.3 is 4.87 Å². The van der Waals surface area contributed by atoms with Crippen LogP contribution in [0.25, 0.3) is 0 Å². The highest BCUT2D eigenvalue weighted by atomic mass is 35.5. The van der Waals surface area contributed by atoms with Crippen LogP contribution in [0.1, 0.15) is 22.8 Å². The van der Waals surface area contributed by atoms with Crippen LogP contribution in [-0.2, 0) is 9.59 Å². The Bertz CT molecular complexity index is 1570. The number of anilines is 1. The normalized spacial score (nSPS) is 31.4. The fourth-order valence-corrected chi connectivity index (χ4v) is 10.4. The summed E-state index contributed by atoms with van der Waals surface area (Å²) in [5, 5.41) is 12.7. The molecule has 2 aromatic carbocycles. The zero-order chi connectivity index (χ0) is 25.7. The molecule has 1 aromatic heterocycles. The van der Waals surface area contributed by atoms with Crippen LogP contribution in [0.3, 0.4) is 0 Å². The van der Waals surface area contributed by atoms with Crippen molar-refractivity contribution >= 4 is 69.5 Å². The Morgan fingerprint density at radius 2 is 1.70 bits per heavy atom. The van der Waals surface area contributed by atoms with E-state index >= 15 is 0 Å². The number of H-pyrrole nitrogens is 1. The number of carbonyl (C=O) groups is 2. The summed E-state index contributed by atoms with van der Waals surface area (Å²) in [6, 6.07) is 11.0. The number of aromatic amines is 1. The van der Waals surface area contributed by atoms with Gasteiger partial charge in [0.15, 0.2) is 0 Å². The highest BCUT2D eigenvalue weighted by molar-refractivity contribution is 8.00. The summed E-state index contributed by atoms with van der Waals surface area (Å²) in [5.41, 5.74) is 1.07. The topological polar surface area (TPSA) is 113 Å². The van der Waals surface area contributed by atoms with Gasteiger partial charge in [-0.2, -0.15) is 0 Å². The molecule has 2 aliphatic heterocycles. The van der Waals surface area contributed by atoms with Crippen molar-refractivity contribution in [3.8, 4) is 0 Å². The molecular formula is C25H17Cl2N3O5S2. The first-order chi connectivity index (χ1) is 17.8. The van der Waals surface area contributed by atoms with Gasteiger partial charge < -0.3 is 4.98 Å². The number of carbonyl (C=O) groups excluding carboxylic acids is 2. The first-order valence-corrected chi connectivity index (χ1v) is 14.2. The van der Waals surface area contributed by atoms with Crippen molar-refractivity contribution in [2.24, 2.45) is 29.6 Å². The average molecular weight is 574 g/mol. The van der Waals surface area contributed by atoms with Gasteiger partial charge in [0, 0.05) is 28.2 Å². The van der Waals surface area contributed by atoms with E-state index in [1.807, 2.05) is 12.1 Å². The SMILES string of the molecule is O=C1[C@H]2[C@H]3C[C@@H]([C@@H]2C(=O)N1c1ccc([N+](=O)[O-])cc1)[C@H]1[C@H](c2cccc(Cl)c2Cl)c2sc(=O)[nH]c2S[C@H]31. The van der Waals surface area contributed by atoms with Gasteiger partial charge in [-0.1, -0.05) is 46.7 Å². The van der Waals surface area contributed by atoms with Gasteiger partial charge in [0.25, 0.3) is 5.69 Å². The van der Waals surface area contributed by atoms with Crippen molar-refractivity contribution in [2.45, 2.75) is 22.6 Å². The van der Waals surface area contributed by atoms with E-state index in [1.54, 1.807) is 17.8 Å². The third-order valence-corrected chi connectivity index (χ3v) is 11.8. The molecule has 3 aromatic rings. The highest BCUT2D eigenvalue weighted by Crippen LogP contribution is 2.69. The number of nitro groups is 1. The predicted molar refractivity (Wildman–Crippen MR) is 141 cm³/mol. The number of thioether (sulfide) groups is 1. The van der Waals surface area contributed by atoms with Crippen LogP contribution in [-0.4, -0.2) is 27.0 Å². The summed E-state index contributed by atoms with van der Waals surface area (Å²) in [5.74, 6) is -1.78. The Kier molecular flexibility index (Phi) is 5.18. The number of nitrogens with one attached hydrogen (secondary N) is 1. The average Bonchev–Trinajstić information content (AvgIpc) is 3.60. The molecule has 3 fully saturated rings. The predicted octanol–water partition coefficient (Wildman–Crippen LogP) is 5.33. The van der Waals surface area contributed by atoms with Gasteiger partial charge in [-0.3, -0.25) is 29.4 Å². The van der Waals surface area contributed by atoms with Crippen LogP contribution >= 0.6 is 46.3 Å². The van der Waals surface area contributed by atoms with E-state index in [1.165, 1.54) is 29.2 Å². The molecule has 3 heterocycles. The van der Waals surface area contributed by atoms with E-state index in [0.717, 1.165) is 33.2 Å². The third-order valence-electron chi connectivity index (χ3n) is 8.36. The Hall–Kier alpha value is -2.66. The Morgan fingerprint density at radius 3 is 2.41 bits per heavy atom. The van der Waals surface area contributed by atoms with Crippen molar-refractivity contribution in [1.29, 1.82) is 0 Å². The maximum absolute atomic E-state index is 13.8. The lowest BCUT2D eigenvalue weighted by Gasteiger charge is -2.43. The van der Waals surface area contributed by atoms with E-state index < -0.39 is 16.8 Å². The Morgan fingerprint density at radius 1 is 1.00 bits per heavy atom. The molecule has 2 saturated carbocycles. The first-order valence-electron chi connectivity index (χ1n) is 11.7. The zero-order valence-corrected chi connectivity index (χ0v) is 21.9. The molecule has 1 N–H and O–H groups in total. The maximum Gasteiger partial charge on any atom is 0.305 e. The van der Waals surface area contributed by atoms with Crippen molar-refractivity contribution < 1.29 is 14.5 Å². The number of aromatic nitrogens is 1. The summed E-state index contributed by atoms with van der Waals surface area (Å²) in [7, 11) is 0. The first kappa shape index (κ1) is 23.5. The van der Waals surface area contributed by atoms with E-state index in [-0.39, 0.29) is 51.3 Å². The summed E-state index contributed by atoms with van der Waals surface area (Å²) in [4.78, 5) is 55.3. The number of benzene rings is 2. The molecule has 1 saturated heterocycles. The van der Waals surface area contributed by atoms with E-state index in [2.05, 4.69) is 4.98 Å². The summed E-state index contributed by atoms with van der Waals surface area (Å²) in [6.45, 7) is 0. The second kappa shape index (κ2) is 8.17. The number of rotatable bonds is 3. The maximum atomic E-state index is 13.8. The largest absolute Gasteiger partial charge is 0.307 e. The lowest BCUT2D eigenvalue weighted by atomic mass is 9.68. The van der Waals surface area contributed by atoms with Gasteiger partial charge in [0.2, 0.25) is 11.8 Å². The van der Waals surface area contributed by atoms with E-state index in [0.29, 0.717) is 15.7 Å². The van der Waals surface area contributed by atoms with Crippen molar-refractivity contribution in [2.75, 3.05) is 4.90 Å². The van der Waals surface area contributed by atoms with Gasteiger partial charge in [-0.15, -0.1) is 11.8 Å². The summed E-state index contributed by atoms with van der Waals surface area (Å²) >= 11 is 15.8. The smallest absolute Gasteiger partial charge is 0.305 e. The molecule has 4 aliphatic rings. The Balaban J connectivity index is 1.31. The van der Waals surface area contributed by atoms with Crippen molar-refractivity contribution in [3.63, 3.8) is 0 Å². The zero-order valence-electron chi connectivity index (χ0n) is 18.8. The van der Waals surface area contributed by atoms with Crippen LogP contribution in [0.15, 0.2) is 52.3 Å². The summed E-state index contributed by atoms with van der Waals surface area (Å²) < 4.78 is 0. The van der Waals surface area contributed by atoms with Crippen LogP contribution in [0.5, 0.6) is 0 Å². The lowest BCUT2D eigenvalue weighted by molar-refractivity contribution is -0.384. The van der Waals surface area contributed by atoms with Crippen LogP contribution < -0.4 is 9.77 Å². The van der Waals surface area contributed by atoms with Gasteiger partial charge in [0.05, 0.1) is 37.5 Å². The van der Waals surface area contributed by atoms with Crippen LogP contribution in [0.2, 0.25) is 10.0 Å². The molecular weight excluding hydrogens is 557 g/mol. The monoisotopic (exact) mass is 573 g/mol. The molecule has 2 bridgehead atoms. The van der Waals surface area contributed by atoms with E-state index in [4.69, 9.17) is 23.2 Å². The van der Waals surface area contributed by atoms with Gasteiger partial charge in [0.1, 0.15) is 0 Å². The summed E-state index contributed by atoms with van der Waals surface area (Å²) in [6.07, 6.45) is 0.747. The second-order valence-corrected chi connectivity index (χ2v) is 12.9. The standard InChI is InChI=1S/C25H17Cl2N3O5S2/c26-14-3-1-2-11(19(14)27)15-16-12-8-13(20(16)36-22-21(15)37-25(33)28-22)18-17(12)23(31)29(24(18)32)9-4-6-10(7-5-9)30(34)35/h1-7,12-13,15-18,20H,8H2,(H,28,33)/t12-,13-,15+,16+,17+,18+,20-/m1/s1. The van der Waals surface area contributed by atoms with Gasteiger partial charge in [-0.25, -0.2) is 0 Å². The molecule has 12 heteroatoms. The molecule has 8 nitrogen and oxygen atoms in total. The fraction of sp³-hybridized carbons (Fsp3) is 0.320. The van der Waals surface area contributed by atoms with E-state index in [9.17, 15) is 24.5 Å². The molecule has 0 unspecified atom stereocenters. The number of fused-ring (bicyclic) bond motifs is 9. The minimum Gasteiger partial charge on any atom is -0.307 e. The molecule has 0 spiro atoms. The number of amides is 2. The molecule has 2 aliphatic carbocycles. The number of thiazole rings is 1. The molecule has 7 atom stereocenters. The van der Waals surface area contributed by atoms with Crippen LogP contribution in [0, 0.1) is 39.7 Å². The molecule has 0 radical (unpaired) electrons. The minimum atomic E-state index is -0.515. The number of imide groups is 1. The van der Waals surface area contributed by atoms with Gasteiger partial charge in [-0.05, 0) is 47.9 Å². The number of halogens is 2. The lowest BCUT2D eigenvalue weighted by Crippen LogP contribution is -2.42. The Labute approximate surface area is 228 Å². The number of hydrogen-bond acceptors (Lipinski definition) is 7.